The van der Waals surface area contributed by atoms with Gasteiger partial charge in [0.2, 0.25) is 0 Å². The molecule has 0 radical (unpaired) electrons. The molecule has 57 heavy (non-hydrogen) atoms. The Morgan fingerprint density at radius 3 is 1.39 bits per heavy atom. The zero-order valence-corrected chi connectivity index (χ0v) is 31.3. The van der Waals surface area contributed by atoms with Gasteiger partial charge in [-0.3, -0.25) is 0 Å². The fourth-order valence-electron chi connectivity index (χ4n) is 9.19. The zero-order chi connectivity index (χ0) is 37.7. The van der Waals surface area contributed by atoms with Crippen molar-refractivity contribution in [1.29, 1.82) is 0 Å². The summed E-state index contributed by atoms with van der Waals surface area (Å²) in [5.74, 6) is 0. The van der Waals surface area contributed by atoms with Crippen molar-refractivity contribution in [1.82, 2.24) is 0 Å². The highest BCUT2D eigenvalue weighted by atomic mass is 15.2. The molecule has 11 rings (SSSR count). The first kappa shape index (κ1) is 33.0. The van der Waals surface area contributed by atoms with Gasteiger partial charge >= 0.3 is 0 Å². The summed E-state index contributed by atoms with van der Waals surface area (Å²) in [7, 11) is 0. The summed E-state index contributed by atoms with van der Waals surface area (Å²) < 4.78 is 0. The fourth-order valence-corrected chi connectivity index (χ4v) is 9.19. The van der Waals surface area contributed by atoms with E-state index in [0.29, 0.717) is 0 Å². The molecule has 2 aliphatic heterocycles. The normalized spacial score (nSPS) is 12.5. The average molecular weight is 725 g/mol. The Hall–Kier alpha value is -7.36. The third-order valence-corrected chi connectivity index (χ3v) is 11.7. The third-order valence-electron chi connectivity index (χ3n) is 11.7. The molecular formula is C54H37BN2. The molecule has 9 aromatic carbocycles. The van der Waals surface area contributed by atoms with E-state index in [1.807, 2.05) is 0 Å². The number of nitrogens with zero attached hydrogens (tertiary/aromatic N) is 2. The molecule has 2 nitrogen and oxygen atoms in total. The number of rotatable bonds is 6. The van der Waals surface area contributed by atoms with Gasteiger partial charge in [0.1, 0.15) is 0 Å². The van der Waals surface area contributed by atoms with Gasteiger partial charge in [0.15, 0.2) is 0 Å². The van der Waals surface area contributed by atoms with Crippen LogP contribution in [0.25, 0.3) is 44.5 Å². The predicted octanol–water partition coefficient (Wildman–Crippen LogP) is 12.4. The first-order valence-electron chi connectivity index (χ1n) is 19.7. The number of hydrogen-bond acceptors (Lipinski definition) is 2. The highest BCUT2D eigenvalue weighted by Gasteiger charge is 2.44. The molecule has 0 spiro atoms. The number of para-hydroxylation sites is 1. The molecule has 0 atom stereocenters. The van der Waals surface area contributed by atoms with Crippen LogP contribution in [0, 0.1) is 0 Å². The van der Waals surface area contributed by atoms with Gasteiger partial charge < -0.3 is 9.80 Å². The lowest BCUT2D eigenvalue weighted by molar-refractivity contribution is 1.25. The minimum absolute atomic E-state index is 0.0324. The van der Waals surface area contributed by atoms with Crippen molar-refractivity contribution in [2.45, 2.75) is 0 Å². The van der Waals surface area contributed by atoms with Gasteiger partial charge in [-0.15, -0.1) is 0 Å². The molecule has 266 valence electrons. The quantitative estimate of drug-likeness (QED) is 0.158. The second-order valence-electron chi connectivity index (χ2n) is 14.9. The molecule has 9 aromatic rings. The van der Waals surface area contributed by atoms with E-state index < -0.39 is 0 Å². The van der Waals surface area contributed by atoms with E-state index in [1.54, 1.807) is 0 Å². The first-order chi connectivity index (χ1) is 28.3. The van der Waals surface area contributed by atoms with Crippen LogP contribution in [0.3, 0.4) is 0 Å². The number of fused-ring (bicyclic) bond motifs is 4. The van der Waals surface area contributed by atoms with Gasteiger partial charge in [0, 0.05) is 34.0 Å². The lowest BCUT2D eigenvalue weighted by Crippen LogP contribution is -2.62. The first-order valence-corrected chi connectivity index (χ1v) is 19.7. The van der Waals surface area contributed by atoms with E-state index >= 15 is 0 Å². The summed E-state index contributed by atoms with van der Waals surface area (Å²) in [5.41, 5.74) is 20.7. The van der Waals surface area contributed by atoms with Gasteiger partial charge in [0.05, 0.1) is 5.69 Å². The van der Waals surface area contributed by atoms with E-state index in [1.165, 1.54) is 83.6 Å². The Morgan fingerprint density at radius 2 is 0.719 bits per heavy atom. The molecule has 0 aromatic heterocycles. The van der Waals surface area contributed by atoms with Crippen LogP contribution < -0.4 is 26.2 Å². The van der Waals surface area contributed by atoms with Crippen LogP contribution >= 0.6 is 0 Å². The maximum atomic E-state index is 2.52. The third kappa shape index (κ3) is 5.51. The van der Waals surface area contributed by atoms with Gasteiger partial charge in [-0.25, -0.2) is 0 Å². The summed E-state index contributed by atoms with van der Waals surface area (Å²) in [4.78, 5) is 5.04. The van der Waals surface area contributed by atoms with Crippen LogP contribution in [0.15, 0.2) is 224 Å². The van der Waals surface area contributed by atoms with Gasteiger partial charge in [-0.05, 0) is 97.8 Å². The SMILES string of the molecule is c1ccc(-c2cccc(N3c4cccc(-c5ccccc5)c4B4c5cc(-c6ccccc6)ccc5N(c5ccccc5-c5ccccc5)c5cccc3c54)c2)cc1. The minimum Gasteiger partial charge on any atom is -0.311 e. The lowest BCUT2D eigenvalue weighted by Gasteiger charge is -2.45. The Labute approximate surface area is 334 Å². The van der Waals surface area contributed by atoms with Crippen molar-refractivity contribution >= 4 is 57.2 Å². The summed E-state index contributed by atoms with van der Waals surface area (Å²) >= 11 is 0. The van der Waals surface area contributed by atoms with Crippen LogP contribution in [0.5, 0.6) is 0 Å². The van der Waals surface area contributed by atoms with E-state index in [-0.39, 0.29) is 6.71 Å². The lowest BCUT2D eigenvalue weighted by atomic mass is 9.32. The van der Waals surface area contributed by atoms with Crippen LogP contribution in [-0.4, -0.2) is 6.71 Å². The molecule has 0 amide bonds. The van der Waals surface area contributed by atoms with Crippen molar-refractivity contribution in [3.8, 4) is 44.5 Å². The van der Waals surface area contributed by atoms with Gasteiger partial charge in [0.25, 0.3) is 6.71 Å². The Bertz CT molecular complexity index is 2910. The summed E-state index contributed by atoms with van der Waals surface area (Å²) in [6.45, 7) is -0.0324. The fraction of sp³-hybridized carbons (Fsp3) is 0. The van der Waals surface area contributed by atoms with Crippen molar-refractivity contribution in [2.75, 3.05) is 9.80 Å². The molecule has 0 unspecified atom stereocenters. The van der Waals surface area contributed by atoms with E-state index in [4.69, 9.17) is 0 Å². The summed E-state index contributed by atoms with van der Waals surface area (Å²) in [6, 6.07) is 82.0. The molecule has 0 saturated carbocycles. The van der Waals surface area contributed by atoms with Crippen molar-refractivity contribution in [3.63, 3.8) is 0 Å². The molecule has 0 aliphatic carbocycles. The van der Waals surface area contributed by atoms with Crippen molar-refractivity contribution in [3.05, 3.63) is 224 Å². The average Bonchev–Trinajstić information content (AvgIpc) is 3.30. The van der Waals surface area contributed by atoms with Crippen LogP contribution in [0.4, 0.5) is 34.1 Å². The van der Waals surface area contributed by atoms with E-state index in [9.17, 15) is 0 Å². The van der Waals surface area contributed by atoms with Crippen LogP contribution in [0.1, 0.15) is 0 Å². The zero-order valence-electron chi connectivity index (χ0n) is 31.3. The monoisotopic (exact) mass is 724 g/mol. The molecule has 2 aliphatic rings. The second kappa shape index (κ2) is 13.7. The number of anilines is 6. The molecule has 3 heteroatoms. The molecule has 2 heterocycles. The number of benzene rings is 9. The highest BCUT2D eigenvalue weighted by molar-refractivity contribution is 7.01. The van der Waals surface area contributed by atoms with E-state index in [0.717, 1.165) is 11.4 Å². The number of hydrogen-bond donors (Lipinski definition) is 0. The highest BCUT2D eigenvalue weighted by Crippen LogP contribution is 2.47. The maximum absolute atomic E-state index is 2.52. The van der Waals surface area contributed by atoms with Crippen molar-refractivity contribution in [2.24, 2.45) is 0 Å². The topological polar surface area (TPSA) is 6.48 Å². The molecule has 0 bridgehead atoms. The standard InChI is InChI=1S/C54H37BN2/c1-5-18-38(19-6-1)42-26-15-27-44(36-42)56-50-31-16-29-46(41-24-11-4-12-25-41)53(50)55-47-37-43(39-20-7-2-8-21-39)34-35-49(47)57(52-33-17-32-51(56)54(52)55)48-30-14-13-28-45(48)40-22-9-3-10-23-40/h1-37H. The Kier molecular flexibility index (Phi) is 7.96. The van der Waals surface area contributed by atoms with Gasteiger partial charge in [-0.1, -0.05) is 182 Å². The van der Waals surface area contributed by atoms with Crippen LogP contribution in [0.2, 0.25) is 0 Å². The predicted molar refractivity (Wildman–Crippen MR) is 242 cm³/mol. The molecular weight excluding hydrogens is 687 g/mol. The van der Waals surface area contributed by atoms with Gasteiger partial charge in [-0.2, -0.15) is 0 Å². The van der Waals surface area contributed by atoms with Crippen molar-refractivity contribution < 1.29 is 0 Å². The van der Waals surface area contributed by atoms with E-state index in [2.05, 4.69) is 234 Å². The molecule has 0 saturated heterocycles. The largest absolute Gasteiger partial charge is 0.311 e. The molecule has 0 N–H and O–H groups in total. The maximum Gasteiger partial charge on any atom is 0.252 e. The molecule has 0 fully saturated rings. The Morgan fingerprint density at radius 1 is 0.263 bits per heavy atom. The Balaban J connectivity index is 1.24. The smallest absolute Gasteiger partial charge is 0.252 e. The summed E-state index contributed by atoms with van der Waals surface area (Å²) in [5, 5.41) is 0. The van der Waals surface area contributed by atoms with Crippen LogP contribution in [-0.2, 0) is 0 Å². The summed E-state index contributed by atoms with van der Waals surface area (Å²) in [6.07, 6.45) is 0. The second-order valence-corrected chi connectivity index (χ2v) is 14.9. The minimum atomic E-state index is -0.0324.